The SMILES string of the molecule is CCNc1ccccc1CC[C@H]1c2ccc(N)nc2C#CCc2cc(O)c(O[C@H](CNC)CNC3CCCCC3)cc2[C@H]2Oc3c(ccc4c3[C@@]3(CC[C@H]1C3)Cc1cc(O)cc(OC)c1-4)[C@@H]2COC(C)=O. The molecule has 0 saturated heterocycles. The van der Waals surface area contributed by atoms with E-state index in [0.717, 1.165) is 107 Å². The minimum absolute atomic E-state index is 0.00978. The number of fused-ring (bicyclic) bond motifs is 7. The molecular formula is C59H69N5O7. The molecule has 5 aromatic rings. The standard InChI is InChI=1S/C59H69N5O7/c1-5-62-49-16-10-9-12-36(49)18-19-43-38-24-25-59(30-38)31-39-26-41(66)28-53(68-4)55(39)46-21-20-45-48(34-69-35(2)65)57(71-58(45)56(46)59)47-29-52(70-42(32-61-3)33-63-40-14-7-6-8-15-40)51(67)27-37(47)13-11-17-50-44(43)22-23-54(60)64-50/h9-10,12,16,20-23,26-29,38,40,42-43,48,57,61-63,66-67H,5-8,13-15,18-19,24-25,30-34H2,1-4H3,(H2,60,64)/t38-,42+,43+,48-,57+,59+/m0/s1. The minimum atomic E-state index is -0.633. The number of hydrogen-bond acceptors (Lipinski definition) is 12. The second-order valence-electron chi connectivity index (χ2n) is 20.5. The van der Waals surface area contributed by atoms with E-state index in [-0.39, 0.29) is 48.4 Å². The number of aromatic nitrogens is 1. The Morgan fingerprint density at radius 1 is 0.958 bits per heavy atom. The number of carbonyl (C=O) groups is 1. The number of aryl methyl sites for hydroxylation is 1. The first kappa shape index (κ1) is 48.2. The van der Waals surface area contributed by atoms with Gasteiger partial charge in [0.05, 0.1) is 13.0 Å². The van der Waals surface area contributed by atoms with Crippen molar-refractivity contribution >= 4 is 17.5 Å². The molecule has 1 aromatic heterocycles. The second kappa shape index (κ2) is 20.7. The van der Waals surface area contributed by atoms with Crippen molar-refractivity contribution in [2.24, 2.45) is 5.92 Å². The maximum Gasteiger partial charge on any atom is 0.302 e. The number of nitrogens with two attached hydrogens (primary N) is 1. The van der Waals surface area contributed by atoms with E-state index in [0.29, 0.717) is 48.6 Å². The molecule has 2 aliphatic heterocycles. The van der Waals surface area contributed by atoms with Crippen molar-refractivity contribution < 1.29 is 34.0 Å². The van der Waals surface area contributed by atoms with Crippen molar-refractivity contribution in [2.45, 2.75) is 126 Å². The lowest BCUT2D eigenvalue weighted by atomic mass is 9.64. The average Bonchev–Trinajstić information content (AvgIpc) is 3.95. The molecule has 4 bridgehead atoms. The van der Waals surface area contributed by atoms with Gasteiger partial charge in [0.2, 0.25) is 0 Å². The van der Waals surface area contributed by atoms with Gasteiger partial charge < -0.3 is 50.8 Å². The number of ether oxygens (including phenoxy) is 4. The molecule has 12 nitrogen and oxygen atoms in total. The third kappa shape index (κ3) is 9.71. The number of methoxy groups -OCH3 is 1. The Bertz CT molecular complexity index is 2850. The molecular weight excluding hydrogens is 891 g/mol. The number of phenolic OH excluding ortho intramolecular Hbond substituents is 2. The van der Waals surface area contributed by atoms with Gasteiger partial charge in [-0.05, 0) is 141 Å². The number of phenols is 2. The molecule has 10 rings (SSSR count). The molecule has 0 amide bonds. The fourth-order valence-corrected chi connectivity index (χ4v) is 12.9. The van der Waals surface area contributed by atoms with E-state index >= 15 is 0 Å². The lowest BCUT2D eigenvalue weighted by Crippen LogP contribution is -2.43. The summed E-state index contributed by atoms with van der Waals surface area (Å²) < 4.78 is 26.3. The number of nitrogen functional groups attached to an aromatic ring is 1. The first-order valence-electron chi connectivity index (χ1n) is 25.9. The number of hydrogen-bond donors (Lipinski definition) is 6. The van der Waals surface area contributed by atoms with E-state index < -0.39 is 17.4 Å². The molecule has 372 valence electrons. The molecule has 5 aliphatic rings. The Morgan fingerprint density at radius 2 is 1.79 bits per heavy atom. The fraction of sp³-hybridized carbons (Fsp3) is 0.458. The summed E-state index contributed by atoms with van der Waals surface area (Å²) in [7, 11) is 3.56. The Balaban J connectivity index is 1.15. The first-order valence-corrected chi connectivity index (χ1v) is 25.9. The van der Waals surface area contributed by atoms with Gasteiger partial charge in [-0.25, -0.2) is 4.98 Å². The summed E-state index contributed by atoms with van der Waals surface area (Å²) in [6, 6.07) is 24.7. The van der Waals surface area contributed by atoms with Gasteiger partial charge in [-0.15, -0.1) is 0 Å². The Hall–Kier alpha value is -6.42. The monoisotopic (exact) mass is 960 g/mol. The summed E-state index contributed by atoms with van der Waals surface area (Å²) in [6.45, 7) is 5.66. The highest BCUT2D eigenvalue weighted by Crippen LogP contribution is 2.63. The highest BCUT2D eigenvalue weighted by molar-refractivity contribution is 5.84. The lowest BCUT2D eigenvalue weighted by molar-refractivity contribution is -0.141. The number of aromatic hydroxyl groups is 2. The highest BCUT2D eigenvalue weighted by atomic mass is 16.5. The first-order chi connectivity index (χ1) is 34.6. The number of nitrogens with one attached hydrogen (secondary N) is 3. The lowest BCUT2D eigenvalue weighted by Gasteiger charge is -2.39. The zero-order chi connectivity index (χ0) is 49.2. The number of pyridine rings is 1. The molecule has 1 spiro atoms. The normalized spacial score (nSPS) is 22.3. The van der Waals surface area contributed by atoms with Crippen LogP contribution in [-0.2, 0) is 34.2 Å². The summed E-state index contributed by atoms with van der Waals surface area (Å²) in [6.07, 6.45) is 10.4. The highest BCUT2D eigenvalue weighted by Gasteiger charge is 2.52. The van der Waals surface area contributed by atoms with Crippen molar-refractivity contribution in [3.63, 3.8) is 0 Å². The van der Waals surface area contributed by atoms with Gasteiger partial charge in [0.25, 0.3) is 0 Å². The molecule has 4 aromatic carbocycles. The molecule has 2 fully saturated rings. The van der Waals surface area contributed by atoms with E-state index in [4.69, 9.17) is 29.7 Å². The zero-order valence-electron chi connectivity index (χ0n) is 41.7. The summed E-state index contributed by atoms with van der Waals surface area (Å²) in [5.41, 5.74) is 16.9. The Morgan fingerprint density at radius 3 is 2.59 bits per heavy atom. The van der Waals surface area contributed by atoms with Crippen LogP contribution in [0.1, 0.15) is 134 Å². The third-order valence-corrected chi connectivity index (χ3v) is 16.0. The number of likely N-dealkylation sites (N-methyl/N-ethyl adjacent to an activating group) is 1. The van der Waals surface area contributed by atoms with Crippen molar-refractivity contribution in [3.8, 4) is 51.7 Å². The summed E-state index contributed by atoms with van der Waals surface area (Å²) in [5, 5.41) is 33.7. The van der Waals surface area contributed by atoms with Crippen LogP contribution in [-0.4, -0.2) is 73.7 Å². The molecule has 3 heterocycles. The molecule has 3 aliphatic carbocycles. The zero-order valence-corrected chi connectivity index (χ0v) is 41.7. The van der Waals surface area contributed by atoms with E-state index in [1.807, 2.05) is 25.2 Å². The van der Waals surface area contributed by atoms with Crippen molar-refractivity contribution in [1.82, 2.24) is 15.6 Å². The number of para-hydroxylation sites is 1. The van der Waals surface area contributed by atoms with Crippen LogP contribution >= 0.6 is 0 Å². The molecule has 0 unspecified atom stereocenters. The van der Waals surface area contributed by atoms with Crippen LogP contribution in [0.4, 0.5) is 11.5 Å². The van der Waals surface area contributed by atoms with Crippen LogP contribution < -0.4 is 35.9 Å². The maximum absolute atomic E-state index is 12.7. The average molecular weight is 960 g/mol. The largest absolute Gasteiger partial charge is 0.508 e. The van der Waals surface area contributed by atoms with Crippen LogP contribution in [0.3, 0.4) is 0 Å². The van der Waals surface area contributed by atoms with E-state index in [1.54, 1.807) is 19.2 Å². The van der Waals surface area contributed by atoms with Gasteiger partial charge in [-0.3, -0.25) is 4.79 Å². The van der Waals surface area contributed by atoms with Crippen LogP contribution in [0, 0.1) is 17.8 Å². The second-order valence-corrected chi connectivity index (χ2v) is 20.5. The predicted molar refractivity (Wildman–Crippen MR) is 278 cm³/mol. The number of rotatable bonds is 15. The summed E-state index contributed by atoms with van der Waals surface area (Å²) >= 11 is 0. The van der Waals surface area contributed by atoms with Gasteiger partial charge in [0, 0.05) is 78.4 Å². The minimum Gasteiger partial charge on any atom is -0.508 e. The maximum atomic E-state index is 12.7. The molecule has 12 heteroatoms. The molecule has 0 radical (unpaired) electrons. The number of esters is 1. The summed E-state index contributed by atoms with van der Waals surface area (Å²) in [5.74, 6) is 8.85. The van der Waals surface area contributed by atoms with Crippen LogP contribution in [0.15, 0.2) is 72.8 Å². The van der Waals surface area contributed by atoms with Gasteiger partial charge in [-0.1, -0.05) is 61.6 Å². The number of anilines is 2. The van der Waals surface area contributed by atoms with Gasteiger partial charge >= 0.3 is 5.97 Å². The molecule has 2 saturated carbocycles. The van der Waals surface area contributed by atoms with E-state index in [2.05, 4.69) is 77.2 Å². The number of carbonyl (C=O) groups excluding carboxylic acids is 1. The third-order valence-electron chi connectivity index (χ3n) is 16.0. The fourth-order valence-electron chi connectivity index (χ4n) is 12.9. The van der Waals surface area contributed by atoms with Crippen molar-refractivity contribution in [2.75, 3.05) is 51.4 Å². The van der Waals surface area contributed by atoms with Crippen molar-refractivity contribution in [3.05, 3.63) is 117 Å². The molecule has 6 atom stereocenters. The van der Waals surface area contributed by atoms with E-state index in [1.165, 1.54) is 31.7 Å². The molecule has 7 N–H and O–H groups in total. The topological polar surface area (TPSA) is 169 Å². The predicted octanol–water partition coefficient (Wildman–Crippen LogP) is 9.77. The van der Waals surface area contributed by atoms with Gasteiger partial charge in [0.1, 0.15) is 47.6 Å². The van der Waals surface area contributed by atoms with E-state index in [9.17, 15) is 15.0 Å². The number of benzene rings is 4. The van der Waals surface area contributed by atoms with Crippen LogP contribution in [0.5, 0.6) is 28.7 Å². The van der Waals surface area contributed by atoms with Gasteiger partial charge in [-0.2, -0.15) is 0 Å². The van der Waals surface area contributed by atoms with Gasteiger partial charge in [0.15, 0.2) is 11.5 Å². The Labute approximate surface area is 418 Å². The summed E-state index contributed by atoms with van der Waals surface area (Å²) in [4.78, 5) is 17.7. The van der Waals surface area contributed by atoms with Crippen molar-refractivity contribution in [1.29, 1.82) is 0 Å². The number of nitrogens with zero attached hydrogens (tertiary/aromatic N) is 1. The molecule has 71 heavy (non-hydrogen) atoms. The van der Waals surface area contributed by atoms with Crippen LogP contribution in [0.25, 0.3) is 11.1 Å². The smallest absolute Gasteiger partial charge is 0.302 e. The van der Waals surface area contributed by atoms with Crippen LogP contribution in [0.2, 0.25) is 0 Å². The Kier molecular flexibility index (Phi) is 14.1. The quantitative estimate of drug-likeness (QED) is 0.0435.